The van der Waals surface area contributed by atoms with Crippen molar-refractivity contribution >= 4 is 0 Å². The molecule has 2 fully saturated rings. The average Bonchev–Trinajstić information content (AvgIpc) is 2.32. The Morgan fingerprint density at radius 1 is 1.40 bits per heavy atom. The Labute approximate surface area is 63.3 Å². The maximum absolute atomic E-state index is 4.04. The third-order valence-electron chi connectivity index (χ3n) is 3.38. The molecular formula is C10H16. The van der Waals surface area contributed by atoms with E-state index in [1.165, 1.54) is 37.7 Å². The first-order chi connectivity index (χ1) is 4.75. The van der Waals surface area contributed by atoms with Crippen molar-refractivity contribution in [2.24, 2.45) is 11.3 Å². The lowest BCUT2D eigenvalue weighted by molar-refractivity contribution is 0.495. The summed E-state index contributed by atoms with van der Waals surface area (Å²) in [5, 5.41) is 0. The lowest BCUT2D eigenvalue weighted by Crippen LogP contribution is -1.96. The zero-order chi connectivity index (χ0) is 7.19. The van der Waals surface area contributed by atoms with Gasteiger partial charge in [-0.3, -0.25) is 0 Å². The summed E-state index contributed by atoms with van der Waals surface area (Å²) in [5.41, 5.74) is 2.22. The smallest absolute Gasteiger partial charge is 0.0146 e. The van der Waals surface area contributed by atoms with Gasteiger partial charge in [0.1, 0.15) is 0 Å². The van der Waals surface area contributed by atoms with Gasteiger partial charge in [-0.2, -0.15) is 0 Å². The first-order valence-electron chi connectivity index (χ1n) is 4.40. The molecule has 0 aromatic rings. The first kappa shape index (κ1) is 6.45. The van der Waals surface area contributed by atoms with Crippen molar-refractivity contribution in [1.82, 2.24) is 0 Å². The molecule has 2 saturated carbocycles. The molecule has 0 nitrogen and oxygen atoms in total. The largest absolute Gasteiger partial charge is 0.0998 e. The average molecular weight is 136 g/mol. The summed E-state index contributed by atoms with van der Waals surface area (Å²) in [7, 11) is 0. The Hall–Kier alpha value is -0.260. The van der Waals surface area contributed by atoms with Crippen LogP contribution in [0.15, 0.2) is 12.2 Å². The monoisotopic (exact) mass is 136 g/mol. The molecule has 0 aromatic heterocycles. The summed E-state index contributed by atoms with van der Waals surface area (Å²) in [6.07, 6.45) is 7.39. The van der Waals surface area contributed by atoms with E-state index in [2.05, 4.69) is 13.5 Å². The van der Waals surface area contributed by atoms with Crippen LogP contribution in [0.4, 0.5) is 0 Å². The van der Waals surface area contributed by atoms with Gasteiger partial charge < -0.3 is 0 Å². The molecule has 1 atom stereocenters. The summed E-state index contributed by atoms with van der Waals surface area (Å²) >= 11 is 0. The van der Waals surface area contributed by atoms with Crippen molar-refractivity contribution < 1.29 is 0 Å². The van der Waals surface area contributed by atoms with Gasteiger partial charge in [0, 0.05) is 0 Å². The molecule has 0 amide bonds. The van der Waals surface area contributed by atoms with Crippen molar-refractivity contribution in [2.75, 3.05) is 0 Å². The van der Waals surface area contributed by atoms with Gasteiger partial charge in [-0.15, -0.1) is 0 Å². The Bertz CT molecular complexity index is 161. The maximum atomic E-state index is 4.04. The molecule has 0 saturated heterocycles. The van der Waals surface area contributed by atoms with Gasteiger partial charge in [0.25, 0.3) is 0 Å². The number of hydrogen-bond acceptors (Lipinski definition) is 0. The molecule has 2 aliphatic carbocycles. The van der Waals surface area contributed by atoms with Crippen LogP contribution in [0.25, 0.3) is 0 Å². The third kappa shape index (κ3) is 0.744. The minimum absolute atomic E-state index is 0.784. The molecule has 0 aliphatic heterocycles. The molecule has 0 N–H and O–H groups in total. The van der Waals surface area contributed by atoms with Gasteiger partial charge in [0.05, 0.1) is 0 Å². The second-order valence-corrected chi connectivity index (χ2v) is 4.17. The van der Waals surface area contributed by atoms with Crippen LogP contribution in [0.3, 0.4) is 0 Å². The predicted octanol–water partition coefficient (Wildman–Crippen LogP) is 3.14. The van der Waals surface area contributed by atoms with Crippen LogP contribution >= 0.6 is 0 Å². The van der Waals surface area contributed by atoms with Crippen molar-refractivity contribution in [1.29, 1.82) is 0 Å². The van der Waals surface area contributed by atoms with Gasteiger partial charge in [-0.1, -0.05) is 25.0 Å². The molecule has 2 aliphatic rings. The fourth-order valence-corrected chi connectivity index (χ4v) is 2.68. The van der Waals surface area contributed by atoms with Crippen molar-refractivity contribution in [2.45, 2.75) is 39.0 Å². The minimum atomic E-state index is 0.784. The zero-order valence-corrected chi connectivity index (χ0v) is 6.82. The lowest BCUT2D eigenvalue weighted by Gasteiger charge is -2.06. The maximum Gasteiger partial charge on any atom is -0.0146 e. The molecule has 1 unspecified atom stereocenters. The van der Waals surface area contributed by atoms with E-state index in [9.17, 15) is 0 Å². The fraction of sp³-hybridized carbons (Fsp3) is 0.800. The minimum Gasteiger partial charge on any atom is -0.0998 e. The molecule has 56 valence electrons. The van der Waals surface area contributed by atoms with E-state index in [0.717, 1.165) is 11.3 Å². The predicted molar refractivity (Wildman–Crippen MR) is 43.8 cm³/mol. The summed E-state index contributed by atoms with van der Waals surface area (Å²) in [4.78, 5) is 0. The molecule has 0 heteroatoms. The van der Waals surface area contributed by atoms with Crippen LogP contribution in [0.1, 0.15) is 39.0 Å². The molecule has 2 rings (SSSR count). The molecule has 0 aromatic carbocycles. The SMILES string of the molecule is C=C(C)C1CC12CCCC2. The van der Waals surface area contributed by atoms with Gasteiger partial charge in [0.2, 0.25) is 0 Å². The topological polar surface area (TPSA) is 0 Å². The van der Waals surface area contributed by atoms with Crippen LogP contribution in [-0.2, 0) is 0 Å². The highest BCUT2D eigenvalue weighted by Gasteiger charge is 2.54. The second kappa shape index (κ2) is 1.87. The summed E-state index contributed by atoms with van der Waals surface area (Å²) in [6, 6.07) is 0. The van der Waals surface area contributed by atoms with E-state index >= 15 is 0 Å². The van der Waals surface area contributed by atoms with Gasteiger partial charge >= 0.3 is 0 Å². The molecular weight excluding hydrogens is 120 g/mol. The number of allylic oxidation sites excluding steroid dienone is 1. The van der Waals surface area contributed by atoms with E-state index in [-0.39, 0.29) is 0 Å². The van der Waals surface area contributed by atoms with Crippen LogP contribution in [0.5, 0.6) is 0 Å². The summed E-state index contributed by atoms with van der Waals surface area (Å²) < 4.78 is 0. The van der Waals surface area contributed by atoms with Gasteiger partial charge in [-0.05, 0) is 37.5 Å². The van der Waals surface area contributed by atoms with E-state index in [4.69, 9.17) is 0 Å². The highest BCUT2D eigenvalue weighted by atomic mass is 14.6. The van der Waals surface area contributed by atoms with Gasteiger partial charge in [-0.25, -0.2) is 0 Å². The highest BCUT2D eigenvalue weighted by Crippen LogP contribution is 2.65. The van der Waals surface area contributed by atoms with Crippen molar-refractivity contribution in [3.05, 3.63) is 12.2 Å². The van der Waals surface area contributed by atoms with E-state index in [1.54, 1.807) is 0 Å². The number of rotatable bonds is 1. The molecule has 10 heavy (non-hydrogen) atoms. The third-order valence-corrected chi connectivity index (χ3v) is 3.38. The Morgan fingerprint density at radius 3 is 2.40 bits per heavy atom. The van der Waals surface area contributed by atoms with Crippen LogP contribution in [0.2, 0.25) is 0 Å². The molecule has 1 spiro atoms. The summed E-state index contributed by atoms with van der Waals surface area (Å²) in [5.74, 6) is 0.912. The van der Waals surface area contributed by atoms with Crippen LogP contribution < -0.4 is 0 Å². The van der Waals surface area contributed by atoms with Crippen LogP contribution in [-0.4, -0.2) is 0 Å². The Kier molecular flexibility index (Phi) is 1.21. The van der Waals surface area contributed by atoms with Crippen LogP contribution in [0, 0.1) is 11.3 Å². The van der Waals surface area contributed by atoms with E-state index in [1.807, 2.05) is 0 Å². The molecule has 0 radical (unpaired) electrons. The summed E-state index contributed by atoms with van der Waals surface area (Å²) in [6.45, 7) is 6.23. The van der Waals surface area contributed by atoms with E-state index in [0.29, 0.717) is 0 Å². The molecule has 0 bridgehead atoms. The lowest BCUT2D eigenvalue weighted by atomic mass is 9.99. The Balaban J connectivity index is 2.04. The number of hydrogen-bond donors (Lipinski definition) is 0. The first-order valence-corrected chi connectivity index (χ1v) is 4.40. The molecule has 0 heterocycles. The highest BCUT2D eigenvalue weighted by molar-refractivity contribution is 5.18. The van der Waals surface area contributed by atoms with Crippen molar-refractivity contribution in [3.63, 3.8) is 0 Å². The zero-order valence-electron chi connectivity index (χ0n) is 6.82. The van der Waals surface area contributed by atoms with Gasteiger partial charge in [0.15, 0.2) is 0 Å². The second-order valence-electron chi connectivity index (χ2n) is 4.17. The van der Waals surface area contributed by atoms with Crippen molar-refractivity contribution in [3.8, 4) is 0 Å². The quantitative estimate of drug-likeness (QED) is 0.486. The standard InChI is InChI=1S/C10H16/c1-8(2)9-7-10(9)5-3-4-6-10/h9H,1,3-7H2,2H3. The van der Waals surface area contributed by atoms with E-state index < -0.39 is 0 Å². The Morgan fingerprint density at radius 2 is 2.00 bits per heavy atom. The normalized spacial score (nSPS) is 34.7. The fourth-order valence-electron chi connectivity index (χ4n) is 2.68.